The molecule has 3 rings (SSSR count). The maximum Gasteiger partial charge on any atom is 0.133 e. The Bertz CT molecular complexity index is 854. The Morgan fingerprint density at radius 1 is 0.720 bits per heavy atom. The molecule has 0 N–H and O–H groups in total. The van der Waals surface area contributed by atoms with E-state index in [1.54, 1.807) is 14.2 Å². The van der Waals surface area contributed by atoms with E-state index in [4.69, 9.17) is 9.47 Å². The van der Waals surface area contributed by atoms with Crippen LogP contribution in [0.2, 0.25) is 0 Å². The molecule has 0 unspecified atom stereocenters. The van der Waals surface area contributed by atoms with Crippen molar-refractivity contribution in [3.63, 3.8) is 0 Å². The molecule has 0 saturated heterocycles. The minimum absolute atomic E-state index is 0.802. The minimum Gasteiger partial charge on any atom is -0.496 e. The van der Waals surface area contributed by atoms with Crippen LogP contribution in [0.5, 0.6) is 11.5 Å². The monoisotopic (exact) mass is 461 g/mol. The van der Waals surface area contributed by atoms with E-state index in [1.165, 1.54) is 0 Å². The van der Waals surface area contributed by atoms with Gasteiger partial charge in [0, 0.05) is 11.3 Å². The number of methoxy groups -OCH3 is 2. The Balaban J connectivity index is 2.06. The number of halogens is 2. The zero-order valence-electron chi connectivity index (χ0n) is 14.1. The summed E-state index contributed by atoms with van der Waals surface area (Å²) in [6, 6.07) is 16.2. The topological polar surface area (TPSA) is 31.4 Å². The van der Waals surface area contributed by atoms with Gasteiger partial charge in [-0.25, -0.2) is 0 Å². The van der Waals surface area contributed by atoms with Gasteiger partial charge in [-0.1, -0.05) is 6.07 Å². The van der Waals surface area contributed by atoms with Crippen molar-refractivity contribution in [3.8, 4) is 33.9 Å². The molecule has 0 aliphatic carbocycles. The number of benzene rings is 2. The molecule has 5 heteroatoms. The van der Waals surface area contributed by atoms with Crippen LogP contribution in [0.25, 0.3) is 22.4 Å². The van der Waals surface area contributed by atoms with Gasteiger partial charge in [0.15, 0.2) is 0 Å². The van der Waals surface area contributed by atoms with E-state index in [2.05, 4.69) is 55.0 Å². The summed E-state index contributed by atoms with van der Waals surface area (Å²) in [6.07, 6.45) is 0. The first kappa shape index (κ1) is 18.0. The van der Waals surface area contributed by atoms with Gasteiger partial charge in [-0.3, -0.25) is 4.98 Å². The van der Waals surface area contributed by atoms with Crippen LogP contribution in [0, 0.1) is 6.92 Å². The van der Waals surface area contributed by atoms with Crippen molar-refractivity contribution < 1.29 is 9.47 Å². The van der Waals surface area contributed by atoms with Crippen molar-refractivity contribution in [1.82, 2.24) is 4.98 Å². The molecule has 1 aromatic heterocycles. The van der Waals surface area contributed by atoms with Crippen molar-refractivity contribution in [2.75, 3.05) is 14.2 Å². The lowest BCUT2D eigenvalue weighted by molar-refractivity contribution is 0.412. The van der Waals surface area contributed by atoms with E-state index < -0.39 is 0 Å². The van der Waals surface area contributed by atoms with Gasteiger partial charge in [0.2, 0.25) is 0 Å². The Kier molecular flexibility index (Phi) is 5.45. The quantitative estimate of drug-likeness (QED) is 0.458. The molecule has 25 heavy (non-hydrogen) atoms. The largest absolute Gasteiger partial charge is 0.496 e. The van der Waals surface area contributed by atoms with Gasteiger partial charge in [0.05, 0.1) is 28.9 Å². The van der Waals surface area contributed by atoms with E-state index in [0.717, 1.165) is 48.5 Å². The summed E-state index contributed by atoms with van der Waals surface area (Å²) in [5, 5.41) is 0. The fourth-order valence-corrected chi connectivity index (χ4v) is 3.74. The van der Waals surface area contributed by atoms with Crippen LogP contribution in [0.4, 0.5) is 0 Å². The predicted octanol–water partition coefficient (Wildman–Crippen LogP) is 6.27. The van der Waals surface area contributed by atoms with Gasteiger partial charge in [-0.2, -0.15) is 0 Å². The van der Waals surface area contributed by atoms with Gasteiger partial charge < -0.3 is 9.47 Å². The lowest BCUT2D eigenvalue weighted by Crippen LogP contribution is -1.92. The third-order valence-electron chi connectivity index (χ3n) is 3.89. The van der Waals surface area contributed by atoms with Gasteiger partial charge in [-0.15, -0.1) is 0 Å². The predicted molar refractivity (Wildman–Crippen MR) is 108 cm³/mol. The summed E-state index contributed by atoms with van der Waals surface area (Å²) in [4.78, 5) is 4.68. The van der Waals surface area contributed by atoms with Crippen LogP contribution >= 0.6 is 31.9 Å². The van der Waals surface area contributed by atoms with Gasteiger partial charge in [0.1, 0.15) is 11.5 Å². The highest BCUT2D eigenvalue weighted by atomic mass is 79.9. The maximum atomic E-state index is 5.31. The van der Waals surface area contributed by atoms with Gasteiger partial charge in [0.25, 0.3) is 0 Å². The highest BCUT2D eigenvalue weighted by molar-refractivity contribution is 9.10. The molecule has 0 amide bonds. The molecule has 128 valence electrons. The second-order valence-electron chi connectivity index (χ2n) is 5.58. The number of hydrogen-bond donors (Lipinski definition) is 0. The van der Waals surface area contributed by atoms with Crippen molar-refractivity contribution in [2.24, 2.45) is 0 Å². The Morgan fingerprint density at radius 3 is 1.84 bits per heavy atom. The Morgan fingerprint density at radius 2 is 1.28 bits per heavy atom. The van der Waals surface area contributed by atoms with E-state index in [9.17, 15) is 0 Å². The van der Waals surface area contributed by atoms with Crippen LogP contribution in [0.15, 0.2) is 57.5 Å². The molecule has 0 spiro atoms. The second-order valence-corrected chi connectivity index (χ2v) is 7.29. The zero-order valence-corrected chi connectivity index (χ0v) is 17.3. The Hall–Kier alpha value is -1.85. The summed E-state index contributed by atoms with van der Waals surface area (Å²) in [5.41, 5.74) is 5.13. The highest BCUT2D eigenvalue weighted by Crippen LogP contribution is 2.34. The lowest BCUT2D eigenvalue weighted by Gasteiger charge is -2.11. The molecule has 0 aliphatic rings. The standard InChI is InChI=1S/C20H17Br2NO2/c1-12-8-15(13-4-6-19(24-2)16(21)9-13)11-18(23-12)14-5-7-20(25-3)17(22)10-14/h4-11H,1-3H3. The van der Waals surface area contributed by atoms with E-state index in [0.29, 0.717) is 0 Å². The molecule has 0 radical (unpaired) electrons. The van der Waals surface area contributed by atoms with Crippen molar-refractivity contribution in [2.45, 2.75) is 6.92 Å². The molecule has 1 heterocycles. The summed E-state index contributed by atoms with van der Waals surface area (Å²) in [6.45, 7) is 2.00. The van der Waals surface area contributed by atoms with Gasteiger partial charge in [-0.05, 0) is 92.4 Å². The van der Waals surface area contributed by atoms with Crippen LogP contribution in [-0.2, 0) is 0 Å². The smallest absolute Gasteiger partial charge is 0.133 e. The minimum atomic E-state index is 0.802. The first-order chi connectivity index (χ1) is 12.0. The number of rotatable bonds is 4. The number of hydrogen-bond acceptors (Lipinski definition) is 3. The molecule has 0 bridgehead atoms. The number of nitrogens with zero attached hydrogens (tertiary/aromatic N) is 1. The van der Waals surface area contributed by atoms with Crippen LogP contribution < -0.4 is 9.47 Å². The fourth-order valence-electron chi connectivity index (χ4n) is 2.65. The molecule has 3 nitrogen and oxygen atoms in total. The van der Waals surface area contributed by atoms with Crippen LogP contribution in [0.1, 0.15) is 5.69 Å². The lowest BCUT2D eigenvalue weighted by atomic mass is 10.0. The normalized spacial score (nSPS) is 10.6. The number of pyridine rings is 1. The third kappa shape index (κ3) is 3.88. The maximum absolute atomic E-state index is 5.31. The second kappa shape index (κ2) is 7.58. The average molecular weight is 463 g/mol. The summed E-state index contributed by atoms with van der Waals surface area (Å²) >= 11 is 7.09. The molecule has 0 saturated carbocycles. The first-order valence-electron chi connectivity index (χ1n) is 7.68. The molecule has 0 aliphatic heterocycles. The van der Waals surface area contributed by atoms with Crippen molar-refractivity contribution >= 4 is 31.9 Å². The summed E-state index contributed by atoms with van der Waals surface area (Å²) < 4.78 is 12.4. The highest BCUT2D eigenvalue weighted by Gasteiger charge is 2.09. The molecular formula is C20H17Br2NO2. The third-order valence-corrected chi connectivity index (χ3v) is 5.13. The fraction of sp³-hybridized carbons (Fsp3) is 0.150. The number of aromatic nitrogens is 1. The summed E-state index contributed by atoms with van der Waals surface area (Å²) in [5.74, 6) is 1.62. The summed E-state index contributed by atoms with van der Waals surface area (Å²) in [7, 11) is 3.32. The number of aryl methyl sites for hydroxylation is 1. The van der Waals surface area contributed by atoms with E-state index in [1.807, 2.05) is 37.3 Å². The van der Waals surface area contributed by atoms with Crippen molar-refractivity contribution in [3.05, 3.63) is 63.2 Å². The SMILES string of the molecule is COc1ccc(-c2cc(C)nc(-c3ccc(OC)c(Br)c3)c2)cc1Br. The molecular weight excluding hydrogens is 446 g/mol. The average Bonchev–Trinajstić information content (AvgIpc) is 2.61. The molecule has 2 aromatic carbocycles. The Labute approximate surface area is 164 Å². The van der Waals surface area contributed by atoms with Crippen LogP contribution in [0.3, 0.4) is 0 Å². The van der Waals surface area contributed by atoms with E-state index >= 15 is 0 Å². The molecule has 3 aromatic rings. The van der Waals surface area contributed by atoms with Crippen molar-refractivity contribution in [1.29, 1.82) is 0 Å². The first-order valence-corrected chi connectivity index (χ1v) is 9.27. The van der Waals surface area contributed by atoms with E-state index in [-0.39, 0.29) is 0 Å². The molecule has 0 atom stereocenters. The molecule has 0 fully saturated rings. The van der Waals surface area contributed by atoms with Gasteiger partial charge >= 0.3 is 0 Å². The number of ether oxygens (including phenoxy) is 2. The van der Waals surface area contributed by atoms with Crippen LogP contribution in [-0.4, -0.2) is 19.2 Å². The zero-order chi connectivity index (χ0) is 18.0.